The molecule has 0 saturated heterocycles. The van der Waals surface area contributed by atoms with Gasteiger partial charge in [-0.25, -0.2) is 0 Å². The standard InChI is InChI=1S/C18H15NO/c1-12-16(13-8-4-3-5-9-13)18-17(19(12)2)14-10-6-7-11-15(14)20-18/h3-11H,1-2H3. The van der Waals surface area contributed by atoms with Crippen LogP contribution in [0.3, 0.4) is 0 Å². The third kappa shape index (κ3) is 1.39. The van der Waals surface area contributed by atoms with Crippen LogP contribution in [0.4, 0.5) is 0 Å². The van der Waals surface area contributed by atoms with Gasteiger partial charge in [-0.3, -0.25) is 0 Å². The number of fused-ring (bicyclic) bond motifs is 3. The first-order valence-corrected chi connectivity index (χ1v) is 6.79. The number of rotatable bonds is 1. The van der Waals surface area contributed by atoms with Crippen LogP contribution in [0.15, 0.2) is 59.0 Å². The topological polar surface area (TPSA) is 18.1 Å². The summed E-state index contributed by atoms with van der Waals surface area (Å²) in [6.07, 6.45) is 0. The number of furan rings is 1. The predicted octanol–water partition coefficient (Wildman–Crippen LogP) is 4.90. The predicted molar refractivity (Wildman–Crippen MR) is 82.9 cm³/mol. The molecule has 0 saturated carbocycles. The van der Waals surface area contributed by atoms with Crippen LogP contribution in [0.2, 0.25) is 0 Å². The zero-order chi connectivity index (χ0) is 13.7. The average molecular weight is 261 g/mol. The fourth-order valence-corrected chi connectivity index (χ4v) is 2.98. The van der Waals surface area contributed by atoms with Crippen LogP contribution >= 0.6 is 0 Å². The quantitative estimate of drug-likeness (QED) is 0.476. The highest BCUT2D eigenvalue weighted by molar-refractivity contribution is 6.09. The molecule has 0 radical (unpaired) electrons. The highest BCUT2D eigenvalue weighted by Gasteiger charge is 2.19. The van der Waals surface area contributed by atoms with E-state index in [4.69, 9.17) is 4.42 Å². The normalized spacial score (nSPS) is 11.5. The molecule has 0 aliphatic carbocycles. The molecule has 0 atom stereocenters. The van der Waals surface area contributed by atoms with Crippen LogP contribution in [0, 0.1) is 6.92 Å². The van der Waals surface area contributed by atoms with E-state index in [2.05, 4.69) is 54.9 Å². The maximum Gasteiger partial charge on any atom is 0.161 e. The number of nitrogens with zero attached hydrogens (tertiary/aromatic N) is 1. The fourth-order valence-electron chi connectivity index (χ4n) is 2.98. The lowest BCUT2D eigenvalue weighted by molar-refractivity contribution is 0.670. The number of hydrogen-bond donors (Lipinski definition) is 0. The van der Waals surface area contributed by atoms with Gasteiger partial charge in [-0.15, -0.1) is 0 Å². The molecule has 0 unspecified atom stereocenters. The molecule has 0 N–H and O–H groups in total. The third-order valence-electron chi connectivity index (χ3n) is 4.06. The Kier molecular flexibility index (Phi) is 2.27. The lowest BCUT2D eigenvalue weighted by Crippen LogP contribution is -1.91. The lowest BCUT2D eigenvalue weighted by Gasteiger charge is -2.02. The first-order chi connectivity index (χ1) is 9.77. The van der Waals surface area contributed by atoms with E-state index in [1.54, 1.807) is 0 Å². The Labute approximate surface area is 117 Å². The Hall–Kier alpha value is -2.48. The van der Waals surface area contributed by atoms with Gasteiger partial charge in [0.05, 0.1) is 5.52 Å². The molecular formula is C18H15NO. The summed E-state index contributed by atoms with van der Waals surface area (Å²) in [4.78, 5) is 0. The summed E-state index contributed by atoms with van der Waals surface area (Å²) in [6, 6.07) is 18.7. The number of aryl methyl sites for hydroxylation is 1. The molecule has 2 aromatic heterocycles. The molecule has 2 nitrogen and oxygen atoms in total. The second-order valence-electron chi connectivity index (χ2n) is 5.16. The molecule has 4 aromatic rings. The minimum atomic E-state index is 0.949. The molecule has 2 heterocycles. The van der Waals surface area contributed by atoms with Gasteiger partial charge in [0.2, 0.25) is 0 Å². The molecular weight excluding hydrogens is 246 g/mol. The van der Waals surface area contributed by atoms with Crippen molar-refractivity contribution in [2.24, 2.45) is 7.05 Å². The molecule has 0 aliphatic heterocycles. The minimum Gasteiger partial charge on any atom is -0.454 e. The van der Waals surface area contributed by atoms with E-state index >= 15 is 0 Å². The Morgan fingerprint density at radius 1 is 0.900 bits per heavy atom. The fraction of sp³-hybridized carbons (Fsp3) is 0.111. The van der Waals surface area contributed by atoms with Crippen molar-refractivity contribution in [2.45, 2.75) is 6.92 Å². The molecule has 4 rings (SSSR count). The first-order valence-electron chi connectivity index (χ1n) is 6.79. The highest BCUT2D eigenvalue weighted by Crippen LogP contribution is 2.39. The largest absolute Gasteiger partial charge is 0.454 e. The van der Waals surface area contributed by atoms with Crippen molar-refractivity contribution >= 4 is 22.1 Å². The number of hydrogen-bond acceptors (Lipinski definition) is 1. The first kappa shape index (κ1) is 11.4. The van der Waals surface area contributed by atoms with E-state index < -0.39 is 0 Å². The average Bonchev–Trinajstić information content (AvgIpc) is 2.96. The number of para-hydroxylation sites is 1. The molecule has 0 aliphatic rings. The minimum absolute atomic E-state index is 0.949. The van der Waals surface area contributed by atoms with Gasteiger partial charge in [-0.1, -0.05) is 42.5 Å². The summed E-state index contributed by atoms with van der Waals surface area (Å²) in [7, 11) is 2.10. The van der Waals surface area contributed by atoms with Crippen molar-refractivity contribution in [3.63, 3.8) is 0 Å². The second-order valence-corrected chi connectivity index (χ2v) is 5.16. The maximum atomic E-state index is 6.12. The van der Waals surface area contributed by atoms with Gasteiger partial charge in [0, 0.05) is 23.7 Å². The van der Waals surface area contributed by atoms with Crippen LogP contribution < -0.4 is 0 Å². The molecule has 0 amide bonds. The molecule has 2 aromatic carbocycles. The maximum absolute atomic E-state index is 6.12. The molecule has 20 heavy (non-hydrogen) atoms. The van der Waals surface area contributed by atoms with Crippen LogP contribution in [0.25, 0.3) is 33.2 Å². The number of aromatic nitrogens is 1. The van der Waals surface area contributed by atoms with E-state index in [0.717, 1.165) is 11.2 Å². The Morgan fingerprint density at radius 3 is 2.40 bits per heavy atom. The van der Waals surface area contributed by atoms with Crippen molar-refractivity contribution in [2.75, 3.05) is 0 Å². The van der Waals surface area contributed by atoms with Gasteiger partial charge in [0.15, 0.2) is 5.58 Å². The van der Waals surface area contributed by atoms with E-state index in [1.807, 2.05) is 18.2 Å². The molecule has 0 spiro atoms. The van der Waals surface area contributed by atoms with Gasteiger partial charge < -0.3 is 8.98 Å². The molecule has 98 valence electrons. The lowest BCUT2D eigenvalue weighted by atomic mass is 10.1. The number of benzene rings is 2. The molecule has 2 heteroatoms. The van der Waals surface area contributed by atoms with Crippen LogP contribution in [-0.4, -0.2) is 4.57 Å². The summed E-state index contributed by atoms with van der Waals surface area (Å²) >= 11 is 0. The molecule has 0 fully saturated rings. The smallest absolute Gasteiger partial charge is 0.161 e. The summed E-state index contributed by atoms with van der Waals surface area (Å²) < 4.78 is 8.34. The summed E-state index contributed by atoms with van der Waals surface area (Å²) in [5.74, 6) is 0. The van der Waals surface area contributed by atoms with Crippen molar-refractivity contribution in [1.29, 1.82) is 0 Å². The van der Waals surface area contributed by atoms with Gasteiger partial charge >= 0.3 is 0 Å². The van der Waals surface area contributed by atoms with Crippen LogP contribution in [-0.2, 0) is 7.05 Å². The van der Waals surface area contributed by atoms with Crippen LogP contribution in [0.5, 0.6) is 0 Å². The van der Waals surface area contributed by atoms with Gasteiger partial charge in [-0.05, 0) is 24.6 Å². The third-order valence-corrected chi connectivity index (χ3v) is 4.06. The van der Waals surface area contributed by atoms with Crippen molar-refractivity contribution in [1.82, 2.24) is 4.57 Å². The summed E-state index contributed by atoms with van der Waals surface area (Å²) in [5, 5.41) is 1.18. The van der Waals surface area contributed by atoms with Crippen molar-refractivity contribution < 1.29 is 4.42 Å². The Morgan fingerprint density at radius 2 is 1.60 bits per heavy atom. The van der Waals surface area contributed by atoms with Gasteiger partial charge in [-0.2, -0.15) is 0 Å². The van der Waals surface area contributed by atoms with E-state index in [1.165, 1.54) is 27.7 Å². The van der Waals surface area contributed by atoms with E-state index in [0.29, 0.717) is 0 Å². The SMILES string of the molecule is Cc1c(-c2ccccc2)c2oc3ccccc3c2n1C. The second kappa shape index (κ2) is 4.01. The summed E-state index contributed by atoms with van der Waals surface area (Å²) in [5.41, 5.74) is 6.74. The van der Waals surface area contributed by atoms with Crippen molar-refractivity contribution in [3.8, 4) is 11.1 Å². The Bertz CT molecular complexity index is 913. The molecule has 0 bridgehead atoms. The zero-order valence-corrected chi connectivity index (χ0v) is 11.6. The summed E-state index contributed by atoms with van der Waals surface area (Å²) in [6.45, 7) is 2.15. The van der Waals surface area contributed by atoms with Crippen LogP contribution in [0.1, 0.15) is 5.69 Å². The highest BCUT2D eigenvalue weighted by atomic mass is 16.3. The van der Waals surface area contributed by atoms with Crippen molar-refractivity contribution in [3.05, 3.63) is 60.3 Å². The Balaban J connectivity index is 2.19. The van der Waals surface area contributed by atoms with Gasteiger partial charge in [0.1, 0.15) is 5.58 Å². The van der Waals surface area contributed by atoms with E-state index in [-0.39, 0.29) is 0 Å². The zero-order valence-electron chi connectivity index (χ0n) is 11.6. The monoisotopic (exact) mass is 261 g/mol. The van der Waals surface area contributed by atoms with Gasteiger partial charge in [0.25, 0.3) is 0 Å². The van der Waals surface area contributed by atoms with E-state index in [9.17, 15) is 0 Å².